The summed E-state index contributed by atoms with van der Waals surface area (Å²) in [5.74, 6) is 0.192. The summed E-state index contributed by atoms with van der Waals surface area (Å²) in [6, 6.07) is 14.4. The van der Waals surface area contributed by atoms with Gasteiger partial charge in [-0.1, -0.05) is 23.4 Å². The molecule has 2 aromatic heterocycles. The van der Waals surface area contributed by atoms with Crippen LogP contribution in [0, 0.1) is 12.7 Å². The number of fused-ring (bicyclic) bond motifs is 1. The maximum atomic E-state index is 14.1. The number of aromatic amines is 1. The summed E-state index contributed by atoms with van der Waals surface area (Å²) in [5, 5.41) is 4.58. The molecule has 0 radical (unpaired) electrons. The van der Waals surface area contributed by atoms with Crippen LogP contribution in [0.4, 0.5) is 10.1 Å². The molecule has 4 rings (SSSR count). The second kappa shape index (κ2) is 8.26. The molecule has 160 valence electrons. The van der Waals surface area contributed by atoms with Crippen molar-refractivity contribution < 1.29 is 13.7 Å². The molecule has 0 saturated heterocycles. The Hall–Kier alpha value is -3.61. The number of anilines is 1. The van der Waals surface area contributed by atoms with Crippen LogP contribution in [-0.4, -0.2) is 42.1 Å². The topological polar surface area (TPSA) is 65.4 Å². The molecule has 0 atom stereocenters. The Bertz CT molecular complexity index is 1240. The Kier molecular flexibility index (Phi) is 5.50. The van der Waals surface area contributed by atoms with E-state index in [1.165, 1.54) is 12.1 Å². The molecule has 4 aromatic rings. The molecule has 0 saturated carbocycles. The first-order valence-electron chi connectivity index (χ1n) is 10.1. The van der Waals surface area contributed by atoms with Gasteiger partial charge in [0.05, 0.1) is 24.4 Å². The SMILES string of the molecule is Cc1cc(CN(C)C(=O)Cc2c(-c3ccccc3N(C)C)[nH]c3ccc(F)cc23)on1. The van der Waals surface area contributed by atoms with E-state index in [1.54, 1.807) is 18.0 Å². The van der Waals surface area contributed by atoms with E-state index in [0.29, 0.717) is 17.7 Å². The van der Waals surface area contributed by atoms with Crippen LogP contribution in [0.3, 0.4) is 0 Å². The second-order valence-corrected chi connectivity index (χ2v) is 7.94. The number of para-hydroxylation sites is 1. The summed E-state index contributed by atoms with van der Waals surface area (Å²) in [5.41, 5.74) is 5.12. The van der Waals surface area contributed by atoms with Crippen LogP contribution >= 0.6 is 0 Å². The molecule has 7 heteroatoms. The summed E-state index contributed by atoms with van der Waals surface area (Å²) in [6.45, 7) is 2.16. The lowest BCUT2D eigenvalue weighted by Gasteiger charge is -2.19. The lowest BCUT2D eigenvalue weighted by Crippen LogP contribution is -2.27. The molecule has 0 aliphatic rings. The summed E-state index contributed by atoms with van der Waals surface area (Å²) in [6.07, 6.45) is 0.129. The quantitative estimate of drug-likeness (QED) is 0.497. The van der Waals surface area contributed by atoms with Gasteiger partial charge in [-0.3, -0.25) is 4.79 Å². The normalized spacial score (nSPS) is 11.1. The highest BCUT2D eigenvalue weighted by molar-refractivity contribution is 5.97. The van der Waals surface area contributed by atoms with Crippen molar-refractivity contribution in [3.8, 4) is 11.3 Å². The largest absolute Gasteiger partial charge is 0.377 e. The van der Waals surface area contributed by atoms with Gasteiger partial charge in [0, 0.05) is 49.4 Å². The van der Waals surface area contributed by atoms with Gasteiger partial charge in [-0.25, -0.2) is 4.39 Å². The maximum Gasteiger partial charge on any atom is 0.227 e. The minimum absolute atomic E-state index is 0.0946. The van der Waals surface area contributed by atoms with Gasteiger partial charge >= 0.3 is 0 Å². The fraction of sp³-hybridized carbons (Fsp3) is 0.250. The predicted molar refractivity (Wildman–Crippen MR) is 119 cm³/mol. The summed E-state index contributed by atoms with van der Waals surface area (Å²) in [4.78, 5) is 20.1. The van der Waals surface area contributed by atoms with Crippen molar-refractivity contribution in [2.45, 2.75) is 19.9 Å². The number of likely N-dealkylation sites (N-methyl/N-ethyl adjacent to an activating group) is 1. The van der Waals surface area contributed by atoms with E-state index in [1.807, 2.05) is 56.3 Å². The smallest absolute Gasteiger partial charge is 0.227 e. The first-order chi connectivity index (χ1) is 14.8. The number of benzene rings is 2. The van der Waals surface area contributed by atoms with Gasteiger partial charge in [-0.05, 0) is 36.8 Å². The van der Waals surface area contributed by atoms with E-state index < -0.39 is 0 Å². The molecule has 0 aliphatic carbocycles. The third-order valence-electron chi connectivity index (χ3n) is 5.35. The Morgan fingerprint density at radius 1 is 1.13 bits per heavy atom. The van der Waals surface area contributed by atoms with E-state index in [0.717, 1.165) is 33.7 Å². The number of nitrogens with zero attached hydrogens (tertiary/aromatic N) is 3. The minimum atomic E-state index is -0.335. The Balaban J connectivity index is 1.75. The van der Waals surface area contributed by atoms with Crippen molar-refractivity contribution in [3.63, 3.8) is 0 Å². The van der Waals surface area contributed by atoms with Gasteiger partial charge in [0.25, 0.3) is 0 Å². The number of carbonyl (C=O) groups excluding carboxylic acids is 1. The van der Waals surface area contributed by atoms with Gasteiger partial charge in [0.2, 0.25) is 5.91 Å². The number of H-pyrrole nitrogens is 1. The van der Waals surface area contributed by atoms with Gasteiger partial charge in [-0.15, -0.1) is 0 Å². The van der Waals surface area contributed by atoms with Crippen LogP contribution in [0.5, 0.6) is 0 Å². The third-order valence-corrected chi connectivity index (χ3v) is 5.35. The molecular formula is C24H25FN4O2. The van der Waals surface area contributed by atoms with E-state index in [-0.39, 0.29) is 18.1 Å². The first-order valence-corrected chi connectivity index (χ1v) is 10.1. The summed E-state index contributed by atoms with van der Waals surface area (Å²) in [7, 11) is 5.67. The molecule has 6 nitrogen and oxygen atoms in total. The van der Waals surface area contributed by atoms with E-state index in [4.69, 9.17) is 4.52 Å². The first kappa shape index (κ1) is 20.7. The van der Waals surface area contributed by atoms with Gasteiger partial charge in [0.1, 0.15) is 5.82 Å². The zero-order chi connectivity index (χ0) is 22.1. The molecule has 31 heavy (non-hydrogen) atoms. The fourth-order valence-corrected chi connectivity index (χ4v) is 3.81. The molecular weight excluding hydrogens is 395 g/mol. The average Bonchev–Trinajstić information content (AvgIpc) is 3.31. The molecule has 2 aromatic carbocycles. The Labute approximate surface area is 180 Å². The molecule has 0 spiro atoms. The number of hydrogen-bond acceptors (Lipinski definition) is 4. The number of hydrogen-bond donors (Lipinski definition) is 1. The monoisotopic (exact) mass is 420 g/mol. The molecule has 0 fully saturated rings. The number of nitrogens with one attached hydrogen (secondary N) is 1. The van der Waals surface area contributed by atoms with E-state index >= 15 is 0 Å². The van der Waals surface area contributed by atoms with Crippen molar-refractivity contribution >= 4 is 22.5 Å². The molecule has 0 aliphatic heterocycles. The molecule has 0 bridgehead atoms. The van der Waals surface area contributed by atoms with Crippen molar-refractivity contribution in [1.82, 2.24) is 15.0 Å². The van der Waals surface area contributed by atoms with Gasteiger partial charge in [-0.2, -0.15) is 0 Å². The lowest BCUT2D eigenvalue weighted by molar-refractivity contribution is -0.129. The Morgan fingerprint density at radius 3 is 2.61 bits per heavy atom. The Morgan fingerprint density at radius 2 is 1.90 bits per heavy atom. The number of halogens is 1. The number of rotatable bonds is 6. The fourth-order valence-electron chi connectivity index (χ4n) is 3.81. The van der Waals surface area contributed by atoms with Crippen LogP contribution in [0.1, 0.15) is 17.0 Å². The zero-order valence-electron chi connectivity index (χ0n) is 18.1. The van der Waals surface area contributed by atoms with Crippen LogP contribution in [-0.2, 0) is 17.8 Å². The molecule has 1 amide bonds. The number of carbonyl (C=O) groups is 1. The average molecular weight is 420 g/mol. The van der Waals surface area contributed by atoms with E-state index in [2.05, 4.69) is 10.1 Å². The highest BCUT2D eigenvalue weighted by Gasteiger charge is 2.21. The van der Waals surface area contributed by atoms with Crippen molar-refractivity contribution in [3.05, 3.63) is 71.4 Å². The van der Waals surface area contributed by atoms with Crippen LogP contribution < -0.4 is 4.90 Å². The maximum absolute atomic E-state index is 14.1. The number of aromatic nitrogens is 2. The van der Waals surface area contributed by atoms with Crippen LogP contribution in [0.15, 0.2) is 53.1 Å². The van der Waals surface area contributed by atoms with Gasteiger partial charge < -0.3 is 19.3 Å². The summed E-state index contributed by atoms with van der Waals surface area (Å²) >= 11 is 0. The van der Waals surface area contributed by atoms with Gasteiger partial charge in [0.15, 0.2) is 5.76 Å². The van der Waals surface area contributed by atoms with E-state index in [9.17, 15) is 9.18 Å². The zero-order valence-corrected chi connectivity index (χ0v) is 18.1. The second-order valence-electron chi connectivity index (χ2n) is 7.94. The molecule has 2 heterocycles. The molecule has 1 N–H and O–H groups in total. The highest BCUT2D eigenvalue weighted by atomic mass is 19.1. The highest BCUT2D eigenvalue weighted by Crippen LogP contribution is 2.36. The number of amides is 1. The standard InChI is InChI=1S/C24H25FN4O2/c1-15-11-17(31-27-15)14-29(4)23(30)13-20-19-12-16(25)9-10-21(19)26-24(20)18-7-5-6-8-22(18)28(2)3/h5-12,26H,13-14H2,1-4H3. The minimum Gasteiger partial charge on any atom is -0.377 e. The summed E-state index contributed by atoms with van der Waals surface area (Å²) < 4.78 is 19.3. The number of aryl methyl sites for hydroxylation is 1. The van der Waals surface area contributed by atoms with Crippen molar-refractivity contribution in [2.75, 3.05) is 26.0 Å². The van der Waals surface area contributed by atoms with Crippen LogP contribution in [0.2, 0.25) is 0 Å². The van der Waals surface area contributed by atoms with Crippen molar-refractivity contribution in [2.24, 2.45) is 0 Å². The van der Waals surface area contributed by atoms with Crippen LogP contribution in [0.25, 0.3) is 22.2 Å². The molecule has 0 unspecified atom stereocenters. The lowest BCUT2D eigenvalue weighted by atomic mass is 10.0. The van der Waals surface area contributed by atoms with Crippen molar-refractivity contribution in [1.29, 1.82) is 0 Å². The predicted octanol–water partition coefficient (Wildman–Crippen LogP) is 4.54. The third kappa shape index (κ3) is 4.17.